The number of carbonyl (C=O) groups is 1. The predicted molar refractivity (Wildman–Crippen MR) is 181 cm³/mol. The Morgan fingerprint density at radius 2 is 1.29 bits per heavy atom. The third-order valence-corrected chi connectivity index (χ3v) is 9.26. The van der Waals surface area contributed by atoms with Gasteiger partial charge in [-0.2, -0.15) is 0 Å². The Kier molecular flexibility index (Phi) is 13.2. The Morgan fingerprint density at radius 3 is 1.98 bits per heavy atom. The van der Waals surface area contributed by atoms with Crippen molar-refractivity contribution in [2.45, 2.75) is 37.0 Å². The Labute approximate surface area is 270 Å². The Morgan fingerprint density at radius 1 is 0.690 bits per heavy atom. The van der Waals surface area contributed by atoms with Crippen LogP contribution in [0.1, 0.15) is 48.3 Å². The standard InChI is InChI=1S/C34H42N4O.3ClH/c39-33-34(30-12-5-2-6-13-30,18-25-37-23-16-29(17-24-37)28-10-3-1-4-11-28)31-14-7-8-15-32(31)38(33)22-9-21-36-26-19-35-20-27-36;;;/h1-8,10-15,29,35H,9,16-27H2;3*1H. The van der Waals surface area contributed by atoms with Gasteiger partial charge >= 0.3 is 0 Å². The van der Waals surface area contributed by atoms with Crippen molar-refractivity contribution in [1.82, 2.24) is 15.1 Å². The van der Waals surface area contributed by atoms with Crippen molar-refractivity contribution >= 4 is 48.8 Å². The molecule has 228 valence electrons. The van der Waals surface area contributed by atoms with E-state index in [-0.39, 0.29) is 43.1 Å². The second-order valence-electron chi connectivity index (χ2n) is 11.5. The van der Waals surface area contributed by atoms with E-state index in [0.29, 0.717) is 5.92 Å². The average molecular weight is 632 g/mol. The molecule has 0 spiro atoms. The van der Waals surface area contributed by atoms with E-state index in [0.717, 1.165) is 83.0 Å². The van der Waals surface area contributed by atoms with Crippen molar-refractivity contribution in [2.75, 3.05) is 63.8 Å². The minimum absolute atomic E-state index is 0. The molecule has 0 saturated carbocycles. The van der Waals surface area contributed by atoms with E-state index in [9.17, 15) is 4.79 Å². The number of nitrogens with one attached hydrogen (secondary N) is 1. The fourth-order valence-corrected chi connectivity index (χ4v) is 7.06. The highest BCUT2D eigenvalue weighted by Crippen LogP contribution is 2.48. The lowest BCUT2D eigenvalue weighted by Gasteiger charge is -2.36. The van der Waals surface area contributed by atoms with Crippen molar-refractivity contribution in [3.63, 3.8) is 0 Å². The van der Waals surface area contributed by atoms with Crippen molar-refractivity contribution < 1.29 is 4.79 Å². The highest BCUT2D eigenvalue weighted by atomic mass is 35.5. The molecule has 0 radical (unpaired) electrons. The van der Waals surface area contributed by atoms with E-state index >= 15 is 0 Å². The van der Waals surface area contributed by atoms with Crippen LogP contribution in [0.25, 0.3) is 0 Å². The quantitative estimate of drug-likeness (QED) is 0.308. The second kappa shape index (κ2) is 16.1. The van der Waals surface area contributed by atoms with Crippen LogP contribution < -0.4 is 10.2 Å². The minimum atomic E-state index is -0.622. The second-order valence-corrected chi connectivity index (χ2v) is 11.5. The SMILES string of the molecule is Cl.Cl.Cl.O=C1N(CCCN2CCNCC2)c2ccccc2C1(CCN1CCC(c2ccccc2)CC1)c1ccccc1. The molecule has 0 aromatic heterocycles. The molecule has 5 nitrogen and oxygen atoms in total. The predicted octanol–water partition coefficient (Wildman–Crippen LogP) is 6.15. The van der Waals surface area contributed by atoms with Crippen molar-refractivity contribution in [1.29, 1.82) is 0 Å². The molecule has 1 amide bonds. The van der Waals surface area contributed by atoms with Gasteiger partial charge in [-0.3, -0.25) is 4.79 Å². The maximum atomic E-state index is 14.6. The molecule has 2 saturated heterocycles. The molecule has 6 rings (SSSR count). The summed E-state index contributed by atoms with van der Waals surface area (Å²) >= 11 is 0. The zero-order valence-electron chi connectivity index (χ0n) is 24.3. The number of rotatable bonds is 9. The van der Waals surface area contributed by atoms with E-state index in [1.54, 1.807) is 0 Å². The number of hydrogen-bond donors (Lipinski definition) is 1. The summed E-state index contributed by atoms with van der Waals surface area (Å²) in [6, 6.07) is 30.1. The zero-order valence-corrected chi connectivity index (χ0v) is 26.8. The van der Waals surface area contributed by atoms with E-state index in [1.165, 1.54) is 24.0 Å². The van der Waals surface area contributed by atoms with E-state index in [2.05, 4.69) is 105 Å². The lowest BCUT2D eigenvalue weighted by atomic mass is 9.72. The molecule has 3 aromatic carbocycles. The Balaban J connectivity index is 0.00000161. The van der Waals surface area contributed by atoms with Crippen LogP contribution in [-0.2, 0) is 10.2 Å². The van der Waals surface area contributed by atoms with Gasteiger partial charge in [0, 0.05) is 38.4 Å². The summed E-state index contributed by atoms with van der Waals surface area (Å²) in [6.07, 6.45) is 4.19. The molecule has 8 heteroatoms. The molecule has 1 N–H and O–H groups in total. The van der Waals surface area contributed by atoms with Gasteiger partial charge in [0.05, 0.1) is 0 Å². The molecule has 1 atom stereocenters. The summed E-state index contributed by atoms with van der Waals surface area (Å²) in [5.41, 5.74) is 4.26. The molecule has 3 aromatic rings. The van der Waals surface area contributed by atoms with Gasteiger partial charge in [0.2, 0.25) is 5.91 Å². The van der Waals surface area contributed by atoms with Gasteiger partial charge in [-0.25, -0.2) is 0 Å². The molecule has 0 aliphatic carbocycles. The van der Waals surface area contributed by atoms with Crippen LogP contribution in [0.5, 0.6) is 0 Å². The van der Waals surface area contributed by atoms with E-state index in [1.807, 2.05) is 0 Å². The maximum Gasteiger partial charge on any atom is 0.242 e. The first-order valence-electron chi connectivity index (χ1n) is 14.9. The van der Waals surface area contributed by atoms with Crippen LogP contribution in [0.3, 0.4) is 0 Å². The number of piperidine rings is 1. The fraction of sp³-hybridized carbons (Fsp3) is 0.441. The third-order valence-electron chi connectivity index (χ3n) is 9.26. The number of anilines is 1. The van der Waals surface area contributed by atoms with Gasteiger partial charge < -0.3 is 20.0 Å². The van der Waals surface area contributed by atoms with Crippen molar-refractivity contribution in [3.05, 3.63) is 102 Å². The van der Waals surface area contributed by atoms with E-state index in [4.69, 9.17) is 0 Å². The number of carbonyl (C=O) groups excluding carboxylic acids is 1. The largest absolute Gasteiger partial charge is 0.314 e. The zero-order chi connectivity index (χ0) is 26.5. The van der Waals surface area contributed by atoms with Gasteiger partial charge in [-0.15, -0.1) is 37.2 Å². The molecule has 1 unspecified atom stereocenters. The highest BCUT2D eigenvalue weighted by molar-refractivity contribution is 6.10. The molecular weight excluding hydrogens is 587 g/mol. The third kappa shape index (κ3) is 7.15. The number of para-hydroxylation sites is 1. The molecule has 42 heavy (non-hydrogen) atoms. The summed E-state index contributed by atoms with van der Waals surface area (Å²) in [6.45, 7) is 9.25. The first-order chi connectivity index (χ1) is 19.3. The van der Waals surface area contributed by atoms with Gasteiger partial charge in [-0.05, 0) is 80.5 Å². The summed E-state index contributed by atoms with van der Waals surface area (Å²) in [7, 11) is 0. The van der Waals surface area contributed by atoms with Crippen LogP contribution >= 0.6 is 37.2 Å². The fourth-order valence-electron chi connectivity index (χ4n) is 7.06. The number of nitrogens with zero attached hydrogens (tertiary/aromatic N) is 3. The number of fused-ring (bicyclic) bond motifs is 1. The number of halogens is 3. The summed E-state index contributed by atoms with van der Waals surface area (Å²) in [4.78, 5) is 21.8. The van der Waals surface area contributed by atoms with Crippen molar-refractivity contribution in [3.8, 4) is 0 Å². The van der Waals surface area contributed by atoms with Crippen LogP contribution in [0, 0.1) is 0 Å². The smallest absolute Gasteiger partial charge is 0.242 e. The number of benzene rings is 3. The van der Waals surface area contributed by atoms with Gasteiger partial charge in [0.1, 0.15) is 5.41 Å². The maximum absolute atomic E-state index is 14.6. The monoisotopic (exact) mass is 630 g/mol. The molecule has 3 heterocycles. The highest BCUT2D eigenvalue weighted by Gasteiger charge is 2.51. The number of piperazine rings is 1. The molecule has 0 bridgehead atoms. The number of likely N-dealkylation sites (tertiary alicyclic amines) is 1. The summed E-state index contributed by atoms with van der Waals surface area (Å²) in [5, 5.41) is 3.44. The summed E-state index contributed by atoms with van der Waals surface area (Å²) < 4.78 is 0. The van der Waals surface area contributed by atoms with Crippen LogP contribution in [0.4, 0.5) is 5.69 Å². The lowest BCUT2D eigenvalue weighted by Crippen LogP contribution is -2.46. The first-order valence-corrected chi connectivity index (χ1v) is 14.9. The topological polar surface area (TPSA) is 38.8 Å². The molecular formula is C34H45Cl3N4O. The average Bonchev–Trinajstić information content (AvgIpc) is 3.25. The molecule has 3 aliphatic heterocycles. The van der Waals surface area contributed by atoms with Gasteiger partial charge in [0.15, 0.2) is 0 Å². The normalized spacial score (nSPS) is 21.1. The minimum Gasteiger partial charge on any atom is -0.314 e. The van der Waals surface area contributed by atoms with Crippen LogP contribution in [-0.4, -0.2) is 74.6 Å². The Hall–Kier alpha value is -2.12. The summed E-state index contributed by atoms with van der Waals surface area (Å²) in [5.74, 6) is 0.903. The van der Waals surface area contributed by atoms with Gasteiger partial charge in [-0.1, -0.05) is 78.9 Å². The van der Waals surface area contributed by atoms with Crippen LogP contribution in [0.15, 0.2) is 84.9 Å². The Bertz CT molecular complexity index is 1230. The van der Waals surface area contributed by atoms with Crippen molar-refractivity contribution in [2.24, 2.45) is 0 Å². The van der Waals surface area contributed by atoms with E-state index < -0.39 is 5.41 Å². The first kappa shape index (κ1) is 34.4. The van der Waals surface area contributed by atoms with Crippen LogP contribution in [0.2, 0.25) is 0 Å². The number of amides is 1. The number of hydrogen-bond acceptors (Lipinski definition) is 4. The lowest BCUT2D eigenvalue weighted by molar-refractivity contribution is -0.122. The van der Waals surface area contributed by atoms with Gasteiger partial charge in [0.25, 0.3) is 0 Å². The molecule has 2 fully saturated rings. The molecule has 3 aliphatic rings.